The monoisotopic (exact) mass is 393 g/mol. The first kappa shape index (κ1) is 18.0. The number of hydrogen-bond donors (Lipinski definition) is 1. The van der Waals surface area contributed by atoms with E-state index in [4.69, 9.17) is 14.4 Å². The number of oxazole rings is 1. The number of anilines is 1. The molecular weight excluding hydrogens is 374 g/mol. The SMILES string of the molecule is c1ccc(-c2nc(CCNc3nc(-c4cccnc4)nc4ccccc34)co2)cc1. The van der Waals surface area contributed by atoms with Gasteiger partial charge in [-0.2, -0.15) is 0 Å². The van der Waals surface area contributed by atoms with Gasteiger partial charge in [-0.15, -0.1) is 0 Å². The zero-order valence-corrected chi connectivity index (χ0v) is 16.2. The first-order chi connectivity index (χ1) is 14.9. The van der Waals surface area contributed by atoms with Gasteiger partial charge in [-0.05, 0) is 36.4 Å². The molecule has 0 atom stereocenters. The highest BCUT2D eigenvalue weighted by Crippen LogP contribution is 2.24. The molecule has 6 nitrogen and oxygen atoms in total. The third kappa shape index (κ3) is 3.75. The van der Waals surface area contributed by atoms with Crippen LogP contribution in [0.2, 0.25) is 0 Å². The van der Waals surface area contributed by atoms with Crippen LogP contribution in [0, 0.1) is 0 Å². The second kappa shape index (κ2) is 8.13. The molecule has 2 aromatic carbocycles. The van der Waals surface area contributed by atoms with E-state index >= 15 is 0 Å². The normalized spacial score (nSPS) is 10.9. The summed E-state index contributed by atoms with van der Waals surface area (Å²) in [6, 6.07) is 21.7. The van der Waals surface area contributed by atoms with Gasteiger partial charge in [-0.1, -0.05) is 30.3 Å². The summed E-state index contributed by atoms with van der Waals surface area (Å²) in [5, 5.41) is 4.42. The lowest BCUT2D eigenvalue weighted by atomic mass is 10.2. The number of para-hydroxylation sites is 1. The molecule has 30 heavy (non-hydrogen) atoms. The number of rotatable bonds is 6. The fourth-order valence-electron chi connectivity index (χ4n) is 3.28. The van der Waals surface area contributed by atoms with E-state index in [2.05, 4.69) is 15.3 Å². The van der Waals surface area contributed by atoms with E-state index < -0.39 is 0 Å². The van der Waals surface area contributed by atoms with Crippen LogP contribution < -0.4 is 5.32 Å². The first-order valence-electron chi connectivity index (χ1n) is 9.78. The van der Waals surface area contributed by atoms with Crippen molar-refractivity contribution in [1.82, 2.24) is 19.9 Å². The smallest absolute Gasteiger partial charge is 0.226 e. The Morgan fingerprint density at radius 1 is 0.800 bits per heavy atom. The second-order valence-electron chi connectivity index (χ2n) is 6.84. The molecule has 0 radical (unpaired) electrons. The van der Waals surface area contributed by atoms with Gasteiger partial charge < -0.3 is 9.73 Å². The highest BCUT2D eigenvalue weighted by molar-refractivity contribution is 5.90. The van der Waals surface area contributed by atoms with Crippen molar-refractivity contribution in [3.63, 3.8) is 0 Å². The summed E-state index contributed by atoms with van der Waals surface area (Å²) >= 11 is 0. The molecule has 3 aromatic heterocycles. The number of nitrogens with zero attached hydrogens (tertiary/aromatic N) is 4. The fraction of sp³-hybridized carbons (Fsp3) is 0.0833. The average Bonchev–Trinajstić information content (AvgIpc) is 3.29. The van der Waals surface area contributed by atoms with Crippen LogP contribution in [0.25, 0.3) is 33.7 Å². The molecule has 0 fully saturated rings. The van der Waals surface area contributed by atoms with Gasteiger partial charge in [0, 0.05) is 41.9 Å². The summed E-state index contributed by atoms with van der Waals surface area (Å²) in [6.45, 7) is 0.675. The molecule has 146 valence electrons. The number of fused-ring (bicyclic) bond motifs is 1. The minimum Gasteiger partial charge on any atom is -0.444 e. The number of aromatic nitrogens is 4. The van der Waals surface area contributed by atoms with Gasteiger partial charge in [0.1, 0.15) is 12.1 Å². The Labute approximate surface area is 173 Å². The molecule has 1 N–H and O–H groups in total. The van der Waals surface area contributed by atoms with E-state index in [1.807, 2.05) is 66.7 Å². The van der Waals surface area contributed by atoms with Gasteiger partial charge in [0.15, 0.2) is 5.82 Å². The van der Waals surface area contributed by atoms with E-state index in [-0.39, 0.29) is 0 Å². The molecule has 0 spiro atoms. The highest BCUT2D eigenvalue weighted by Gasteiger charge is 2.10. The van der Waals surface area contributed by atoms with Crippen molar-refractivity contribution >= 4 is 16.7 Å². The second-order valence-corrected chi connectivity index (χ2v) is 6.84. The summed E-state index contributed by atoms with van der Waals surface area (Å²) in [5.41, 5.74) is 3.64. The molecule has 0 saturated carbocycles. The maximum absolute atomic E-state index is 5.63. The van der Waals surface area contributed by atoms with Crippen molar-refractivity contribution in [2.45, 2.75) is 6.42 Å². The lowest BCUT2D eigenvalue weighted by Crippen LogP contribution is -2.08. The minimum absolute atomic E-state index is 0.636. The maximum Gasteiger partial charge on any atom is 0.226 e. The molecule has 5 rings (SSSR count). The van der Waals surface area contributed by atoms with Crippen LogP contribution in [-0.2, 0) is 6.42 Å². The zero-order valence-electron chi connectivity index (χ0n) is 16.2. The molecule has 6 heteroatoms. The Morgan fingerprint density at radius 2 is 1.63 bits per heavy atom. The van der Waals surface area contributed by atoms with Crippen LogP contribution in [0.3, 0.4) is 0 Å². The molecule has 0 saturated heterocycles. The van der Waals surface area contributed by atoms with Gasteiger partial charge in [0.25, 0.3) is 0 Å². The van der Waals surface area contributed by atoms with Gasteiger partial charge in [-0.25, -0.2) is 15.0 Å². The molecule has 0 aliphatic carbocycles. The van der Waals surface area contributed by atoms with E-state index in [0.717, 1.165) is 40.0 Å². The number of hydrogen-bond acceptors (Lipinski definition) is 6. The Kier molecular flexibility index (Phi) is 4.88. The number of nitrogens with one attached hydrogen (secondary N) is 1. The maximum atomic E-state index is 5.63. The topological polar surface area (TPSA) is 76.7 Å². The van der Waals surface area contributed by atoms with Crippen LogP contribution in [0.15, 0.2) is 89.8 Å². The Hall–Kier alpha value is -4.06. The van der Waals surface area contributed by atoms with Crippen molar-refractivity contribution in [2.75, 3.05) is 11.9 Å². The molecule has 0 bridgehead atoms. The van der Waals surface area contributed by atoms with Crippen molar-refractivity contribution < 1.29 is 4.42 Å². The Bertz CT molecular complexity index is 1270. The molecule has 0 aliphatic heterocycles. The molecule has 0 amide bonds. The third-order valence-electron chi connectivity index (χ3n) is 4.77. The average molecular weight is 393 g/mol. The number of benzene rings is 2. The van der Waals surface area contributed by atoms with Crippen LogP contribution in [0.5, 0.6) is 0 Å². The molecule has 0 aliphatic rings. The van der Waals surface area contributed by atoms with E-state index in [1.54, 1.807) is 18.7 Å². The van der Waals surface area contributed by atoms with Crippen LogP contribution >= 0.6 is 0 Å². The Morgan fingerprint density at radius 3 is 2.50 bits per heavy atom. The number of pyridine rings is 1. The van der Waals surface area contributed by atoms with E-state index in [0.29, 0.717) is 18.3 Å². The molecule has 3 heterocycles. The van der Waals surface area contributed by atoms with Gasteiger partial charge in [0.05, 0.1) is 11.2 Å². The lowest BCUT2D eigenvalue weighted by Gasteiger charge is -2.10. The summed E-state index contributed by atoms with van der Waals surface area (Å²) in [6.07, 6.45) is 5.94. The fourth-order valence-corrected chi connectivity index (χ4v) is 3.28. The van der Waals surface area contributed by atoms with Crippen LogP contribution in [-0.4, -0.2) is 26.5 Å². The predicted octanol–water partition coefficient (Wildman–Crippen LogP) is 5.00. The molecular formula is C24H19N5O. The van der Waals surface area contributed by atoms with E-state index in [9.17, 15) is 0 Å². The van der Waals surface area contributed by atoms with Crippen molar-refractivity contribution in [2.24, 2.45) is 0 Å². The minimum atomic E-state index is 0.636. The summed E-state index contributed by atoms with van der Waals surface area (Å²) < 4.78 is 5.63. The van der Waals surface area contributed by atoms with Crippen molar-refractivity contribution in [1.29, 1.82) is 0 Å². The molecule has 0 unspecified atom stereocenters. The highest BCUT2D eigenvalue weighted by atomic mass is 16.3. The predicted molar refractivity (Wildman–Crippen MR) is 117 cm³/mol. The summed E-state index contributed by atoms with van der Waals surface area (Å²) in [7, 11) is 0. The van der Waals surface area contributed by atoms with Crippen LogP contribution in [0.1, 0.15) is 5.69 Å². The standard InChI is InChI=1S/C24H19N5O/c1-2-7-17(8-3-1)24-27-19(16-30-24)12-14-26-23-20-10-4-5-11-21(20)28-22(29-23)18-9-6-13-25-15-18/h1-11,13,15-16H,12,14H2,(H,26,28,29). The van der Waals surface area contributed by atoms with E-state index in [1.165, 1.54) is 0 Å². The van der Waals surface area contributed by atoms with Gasteiger partial charge in [0.2, 0.25) is 5.89 Å². The molecule has 5 aromatic rings. The van der Waals surface area contributed by atoms with Crippen LogP contribution in [0.4, 0.5) is 5.82 Å². The summed E-state index contributed by atoms with van der Waals surface area (Å²) in [4.78, 5) is 18.2. The van der Waals surface area contributed by atoms with Gasteiger partial charge >= 0.3 is 0 Å². The van der Waals surface area contributed by atoms with Crippen molar-refractivity contribution in [3.05, 3.63) is 91.1 Å². The van der Waals surface area contributed by atoms with Crippen molar-refractivity contribution in [3.8, 4) is 22.8 Å². The lowest BCUT2D eigenvalue weighted by molar-refractivity contribution is 0.572. The quantitative estimate of drug-likeness (QED) is 0.437. The Balaban J connectivity index is 1.36. The van der Waals surface area contributed by atoms with Gasteiger partial charge in [-0.3, -0.25) is 4.98 Å². The third-order valence-corrected chi connectivity index (χ3v) is 4.77. The zero-order chi connectivity index (χ0) is 20.2. The largest absolute Gasteiger partial charge is 0.444 e. The first-order valence-corrected chi connectivity index (χ1v) is 9.78. The summed E-state index contributed by atoms with van der Waals surface area (Å²) in [5.74, 6) is 2.08.